The summed E-state index contributed by atoms with van der Waals surface area (Å²) in [5.41, 5.74) is 0.734. The van der Waals surface area contributed by atoms with E-state index < -0.39 is 0 Å². The average molecular weight is 303 g/mol. The third-order valence-corrected chi connectivity index (χ3v) is 5.19. The number of imide groups is 1. The summed E-state index contributed by atoms with van der Waals surface area (Å²) in [4.78, 5) is 26.3. The third kappa shape index (κ3) is 1.82. The zero-order valence-electron chi connectivity index (χ0n) is 11.3. The second-order valence-electron chi connectivity index (χ2n) is 5.92. The Balaban J connectivity index is 1.51. The standard InChI is InChI=1S/C16H15ClN2O2/c17-11-3-1-2-4-12(11)18-8-19-15(20)13-9-5-6-10(7-9)14(13)16(19)21/h1-6,9-10,13-14,18H,7-8H2. The lowest BCUT2D eigenvalue weighted by atomic mass is 9.85. The van der Waals surface area contributed by atoms with Gasteiger partial charge in [-0.05, 0) is 30.4 Å². The van der Waals surface area contributed by atoms with E-state index in [2.05, 4.69) is 17.5 Å². The Morgan fingerprint density at radius 1 is 1.10 bits per heavy atom. The maximum Gasteiger partial charge on any atom is 0.235 e. The highest BCUT2D eigenvalue weighted by Crippen LogP contribution is 2.52. The number of amides is 2. The Hall–Kier alpha value is -1.81. The molecule has 1 saturated carbocycles. The number of hydrogen-bond donors (Lipinski definition) is 1. The van der Waals surface area contributed by atoms with Gasteiger partial charge >= 0.3 is 0 Å². The molecular weight excluding hydrogens is 288 g/mol. The molecule has 4 atom stereocenters. The largest absolute Gasteiger partial charge is 0.366 e. The Morgan fingerprint density at radius 2 is 1.71 bits per heavy atom. The van der Waals surface area contributed by atoms with Crippen LogP contribution in [0.4, 0.5) is 5.69 Å². The number of benzene rings is 1. The van der Waals surface area contributed by atoms with E-state index in [1.165, 1.54) is 4.90 Å². The minimum atomic E-state index is -0.138. The normalized spacial score (nSPS) is 32.9. The van der Waals surface area contributed by atoms with Gasteiger partial charge in [-0.3, -0.25) is 14.5 Å². The molecule has 1 aromatic rings. The molecule has 1 N–H and O–H groups in total. The van der Waals surface area contributed by atoms with Crippen molar-refractivity contribution in [1.29, 1.82) is 0 Å². The summed E-state index contributed by atoms with van der Waals surface area (Å²) in [7, 11) is 0. The third-order valence-electron chi connectivity index (χ3n) is 4.86. The van der Waals surface area contributed by atoms with Gasteiger partial charge in [-0.15, -0.1) is 0 Å². The molecule has 5 heteroatoms. The second kappa shape index (κ2) is 4.60. The monoisotopic (exact) mass is 302 g/mol. The van der Waals surface area contributed by atoms with Crippen molar-refractivity contribution >= 4 is 29.1 Å². The molecule has 108 valence electrons. The van der Waals surface area contributed by atoms with Gasteiger partial charge in [0.25, 0.3) is 0 Å². The zero-order chi connectivity index (χ0) is 14.6. The minimum absolute atomic E-state index is 0.0404. The van der Waals surface area contributed by atoms with E-state index in [0.29, 0.717) is 5.02 Å². The number of likely N-dealkylation sites (tertiary alicyclic amines) is 1. The summed E-state index contributed by atoms with van der Waals surface area (Å²) in [5, 5.41) is 3.67. The van der Waals surface area contributed by atoms with Crippen LogP contribution >= 0.6 is 11.6 Å². The highest BCUT2D eigenvalue weighted by molar-refractivity contribution is 6.33. The van der Waals surface area contributed by atoms with Crippen molar-refractivity contribution in [3.05, 3.63) is 41.4 Å². The SMILES string of the molecule is O=C1C2C3C=CC(C3)C2C(=O)N1CNc1ccccc1Cl. The lowest BCUT2D eigenvalue weighted by Gasteiger charge is -2.18. The molecule has 1 heterocycles. The van der Waals surface area contributed by atoms with Crippen molar-refractivity contribution in [2.24, 2.45) is 23.7 Å². The van der Waals surface area contributed by atoms with Crippen molar-refractivity contribution in [2.75, 3.05) is 12.0 Å². The van der Waals surface area contributed by atoms with E-state index in [1.807, 2.05) is 18.2 Å². The smallest absolute Gasteiger partial charge is 0.235 e. The Labute approximate surface area is 127 Å². The van der Waals surface area contributed by atoms with Crippen molar-refractivity contribution in [3.63, 3.8) is 0 Å². The molecule has 0 radical (unpaired) electrons. The number of rotatable bonds is 3. The van der Waals surface area contributed by atoms with Crippen LogP contribution in [0.15, 0.2) is 36.4 Å². The van der Waals surface area contributed by atoms with Crippen molar-refractivity contribution in [2.45, 2.75) is 6.42 Å². The van der Waals surface area contributed by atoms with E-state index in [4.69, 9.17) is 11.6 Å². The van der Waals surface area contributed by atoms with Gasteiger partial charge in [-0.1, -0.05) is 35.9 Å². The van der Waals surface area contributed by atoms with Gasteiger partial charge in [0.2, 0.25) is 11.8 Å². The first-order chi connectivity index (χ1) is 10.2. The minimum Gasteiger partial charge on any atom is -0.366 e. The number of allylic oxidation sites excluding steroid dienone is 2. The van der Waals surface area contributed by atoms with E-state index in [-0.39, 0.29) is 42.2 Å². The fourth-order valence-corrected chi connectivity index (χ4v) is 4.09. The number of para-hydroxylation sites is 1. The first-order valence-corrected chi connectivity index (χ1v) is 7.56. The predicted octanol–water partition coefficient (Wildman–Crippen LogP) is 2.52. The summed E-state index contributed by atoms with van der Waals surface area (Å²) >= 11 is 6.07. The summed E-state index contributed by atoms with van der Waals surface area (Å²) in [6.07, 6.45) is 5.16. The van der Waals surface area contributed by atoms with Gasteiger partial charge in [0.1, 0.15) is 0 Å². The second-order valence-corrected chi connectivity index (χ2v) is 6.33. The van der Waals surface area contributed by atoms with Crippen LogP contribution in [0.3, 0.4) is 0 Å². The molecule has 2 amide bonds. The van der Waals surface area contributed by atoms with Gasteiger partial charge in [0.05, 0.1) is 29.2 Å². The number of fused-ring (bicyclic) bond motifs is 5. The number of nitrogens with zero attached hydrogens (tertiary/aromatic N) is 1. The molecule has 2 fully saturated rings. The van der Waals surface area contributed by atoms with Gasteiger partial charge in [0, 0.05) is 0 Å². The molecule has 0 spiro atoms. The van der Waals surface area contributed by atoms with Gasteiger partial charge in [-0.2, -0.15) is 0 Å². The molecule has 1 saturated heterocycles. The zero-order valence-corrected chi connectivity index (χ0v) is 12.1. The topological polar surface area (TPSA) is 49.4 Å². The van der Waals surface area contributed by atoms with Crippen LogP contribution in [-0.2, 0) is 9.59 Å². The first-order valence-electron chi connectivity index (χ1n) is 7.19. The van der Waals surface area contributed by atoms with Crippen molar-refractivity contribution < 1.29 is 9.59 Å². The van der Waals surface area contributed by atoms with E-state index in [1.54, 1.807) is 6.07 Å². The summed E-state index contributed by atoms with van der Waals surface area (Å²) in [6, 6.07) is 7.31. The Kier molecular flexibility index (Phi) is 2.82. The van der Waals surface area contributed by atoms with Crippen LogP contribution in [0.1, 0.15) is 6.42 Å². The number of nitrogens with one attached hydrogen (secondary N) is 1. The summed E-state index contributed by atoms with van der Waals surface area (Å²) in [5.74, 6) is 0.146. The molecule has 1 aromatic carbocycles. The molecule has 4 unspecified atom stereocenters. The van der Waals surface area contributed by atoms with Crippen LogP contribution in [0.25, 0.3) is 0 Å². The molecular formula is C16H15ClN2O2. The molecule has 2 aliphatic carbocycles. The summed E-state index contributed by atoms with van der Waals surface area (Å²) < 4.78 is 0. The molecule has 0 aromatic heterocycles. The van der Waals surface area contributed by atoms with E-state index in [0.717, 1.165) is 12.1 Å². The lowest BCUT2D eigenvalue weighted by molar-refractivity contribution is -0.140. The lowest BCUT2D eigenvalue weighted by Crippen LogP contribution is -2.37. The quantitative estimate of drug-likeness (QED) is 0.689. The fourth-order valence-electron chi connectivity index (χ4n) is 3.89. The first kappa shape index (κ1) is 12.9. The average Bonchev–Trinajstić information content (AvgIpc) is 3.14. The maximum atomic E-state index is 12.5. The number of carbonyl (C=O) groups is 2. The van der Waals surface area contributed by atoms with Gasteiger partial charge in [-0.25, -0.2) is 0 Å². The van der Waals surface area contributed by atoms with Gasteiger partial charge < -0.3 is 5.32 Å². The Morgan fingerprint density at radius 3 is 2.33 bits per heavy atom. The fraction of sp³-hybridized carbons (Fsp3) is 0.375. The molecule has 21 heavy (non-hydrogen) atoms. The molecule has 1 aliphatic heterocycles. The summed E-state index contributed by atoms with van der Waals surface area (Å²) in [6.45, 7) is 0.188. The number of anilines is 1. The number of carbonyl (C=O) groups excluding carboxylic acids is 2. The Bertz CT molecular complexity index is 627. The van der Waals surface area contributed by atoms with Crippen LogP contribution in [0.5, 0.6) is 0 Å². The van der Waals surface area contributed by atoms with E-state index >= 15 is 0 Å². The number of halogens is 1. The highest BCUT2D eigenvalue weighted by Gasteiger charge is 2.59. The molecule has 3 aliphatic rings. The predicted molar refractivity (Wildman–Crippen MR) is 79.5 cm³/mol. The molecule has 4 rings (SSSR count). The number of hydrogen-bond acceptors (Lipinski definition) is 3. The van der Waals surface area contributed by atoms with Crippen LogP contribution < -0.4 is 5.32 Å². The van der Waals surface area contributed by atoms with Gasteiger partial charge in [0.15, 0.2) is 0 Å². The molecule has 2 bridgehead atoms. The van der Waals surface area contributed by atoms with Crippen molar-refractivity contribution in [3.8, 4) is 0 Å². The molecule has 4 nitrogen and oxygen atoms in total. The van der Waals surface area contributed by atoms with Crippen LogP contribution in [0, 0.1) is 23.7 Å². The maximum absolute atomic E-state index is 12.5. The highest BCUT2D eigenvalue weighted by atomic mass is 35.5. The van der Waals surface area contributed by atoms with Crippen LogP contribution in [-0.4, -0.2) is 23.4 Å². The van der Waals surface area contributed by atoms with Crippen molar-refractivity contribution in [1.82, 2.24) is 4.90 Å². The van der Waals surface area contributed by atoms with E-state index in [9.17, 15) is 9.59 Å². The van der Waals surface area contributed by atoms with Crippen LogP contribution in [0.2, 0.25) is 5.02 Å².